The van der Waals surface area contributed by atoms with E-state index in [0.717, 1.165) is 16.7 Å². The van der Waals surface area contributed by atoms with E-state index in [0.29, 0.717) is 17.4 Å². The molecule has 0 aliphatic rings. The van der Waals surface area contributed by atoms with Crippen molar-refractivity contribution in [2.45, 2.75) is 6.92 Å². The van der Waals surface area contributed by atoms with Crippen LogP contribution in [0.2, 0.25) is 0 Å². The molecule has 2 aromatic heterocycles. The molecule has 0 spiro atoms. The summed E-state index contributed by atoms with van der Waals surface area (Å²) in [6.07, 6.45) is 1.68. The minimum Gasteiger partial charge on any atom is -0.494 e. The number of thiazole rings is 1. The number of carbonyl (C=O) groups excluding carboxylic acids is 1. The van der Waals surface area contributed by atoms with Gasteiger partial charge in [0.25, 0.3) is 5.91 Å². The van der Waals surface area contributed by atoms with E-state index in [1.165, 1.54) is 11.3 Å². The number of ether oxygens (including phenoxy) is 1. The Bertz CT molecular complexity index is 764. The van der Waals surface area contributed by atoms with Gasteiger partial charge in [-0.3, -0.25) is 9.69 Å². The molecule has 21 heavy (non-hydrogen) atoms. The number of anilines is 1. The van der Waals surface area contributed by atoms with Crippen LogP contribution < -0.4 is 9.64 Å². The first kappa shape index (κ1) is 13.6. The second-order valence-corrected chi connectivity index (χ2v) is 5.42. The van der Waals surface area contributed by atoms with Crippen molar-refractivity contribution in [2.24, 2.45) is 0 Å². The predicted molar refractivity (Wildman–Crippen MR) is 84.3 cm³/mol. The van der Waals surface area contributed by atoms with E-state index in [2.05, 4.69) is 9.97 Å². The molecule has 0 fully saturated rings. The van der Waals surface area contributed by atoms with Crippen LogP contribution in [0, 0.1) is 0 Å². The van der Waals surface area contributed by atoms with E-state index in [9.17, 15) is 4.79 Å². The lowest BCUT2D eigenvalue weighted by Crippen LogP contribution is -2.26. The maximum Gasteiger partial charge on any atom is 0.276 e. The molecule has 3 aromatic rings. The number of hydrogen-bond donors (Lipinski definition) is 1. The van der Waals surface area contributed by atoms with Gasteiger partial charge in [0.2, 0.25) is 0 Å². The Kier molecular flexibility index (Phi) is 3.62. The van der Waals surface area contributed by atoms with Gasteiger partial charge in [-0.25, -0.2) is 4.98 Å². The summed E-state index contributed by atoms with van der Waals surface area (Å²) in [4.78, 5) is 21.3. The first-order chi connectivity index (χ1) is 10.2. The van der Waals surface area contributed by atoms with Gasteiger partial charge in [0.15, 0.2) is 5.13 Å². The zero-order chi connectivity index (χ0) is 14.8. The first-order valence-corrected chi connectivity index (χ1v) is 7.50. The highest BCUT2D eigenvalue weighted by Gasteiger charge is 2.17. The summed E-state index contributed by atoms with van der Waals surface area (Å²) in [6, 6.07) is 7.59. The third-order valence-electron chi connectivity index (χ3n) is 3.15. The second kappa shape index (κ2) is 5.57. The van der Waals surface area contributed by atoms with Gasteiger partial charge < -0.3 is 9.72 Å². The number of carbonyl (C=O) groups is 1. The highest BCUT2D eigenvalue weighted by Crippen LogP contribution is 2.23. The summed E-state index contributed by atoms with van der Waals surface area (Å²) in [6.45, 7) is 2.56. The normalized spacial score (nSPS) is 10.8. The molecule has 0 atom stereocenters. The number of rotatable bonds is 4. The predicted octanol–water partition coefficient (Wildman–Crippen LogP) is 3.30. The molecule has 0 radical (unpaired) electrons. The summed E-state index contributed by atoms with van der Waals surface area (Å²) in [5.41, 5.74) is 1.42. The van der Waals surface area contributed by atoms with E-state index in [4.69, 9.17) is 4.74 Å². The lowest BCUT2D eigenvalue weighted by Gasteiger charge is -2.11. The van der Waals surface area contributed by atoms with Crippen LogP contribution in [-0.4, -0.2) is 29.5 Å². The van der Waals surface area contributed by atoms with Crippen LogP contribution in [0.25, 0.3) is 10.9 Å². The van der Waals surface area contributed by atoms with Crippen LogP contribution in [0.4, 0.5) is 5.13 Å². The van der Waals surface area contributed by atoms with E-state index in [-0.39, 0.29) is 5.91 Å². The maximum atomic E-state index is 12.5. The van der Waals surface area contributed by atoms with Crippen molar-refractivity contribution in [1.29, 1.82) is 0 Å². The minimum absolute atomic E-state index is 0.112. The molecule has 1 amide bonds. The summed E-state index contributed by atoms with van der Waals surface area (Å²) < 4.78 is 5.47. The Morgan fingerprint density at radius 2 is 2.29 bits per heavy atom. The average molecular weight is 301 g/mol. The molecule has 0 bridgehead atoms. The number of nitrogens with one attached hydrogen (secondary N) is 1. The SMILES string of the molecule is CCOc1ccc2cc(C(=O)N(C)c3nccs3)[nH]c2c1. The van der Waals surface area contributed by atoms with E-state index in [1.807, 2.05) is 36.6 Å². The van der Waals surface area contributed by atoms with Crippen molar-refractivity contribution in [2.75, 3.05) is 18.6 Å². The van der Waals surface area contributed by atoms with Crippen molar-refractivity contribution < 1.29 is 9.53 Å². The molecule has 1 N–H and O–H groups in total. The molecular weight excluding hydrogens is 286 g/mol. The number of fused-ring (bicyclic) bond motifs is 1. The average Bonchev–Trinajstić information content (AvgIpc) is 3.14. The van der Waals surface area contributed by atoms with Crippen LogP contribution in [0.3, 0.4) is 0 Å². The summed E-state index contributed by atoms with van der Waals surface area (Å²) in [5.74, 6) is 0.679. The smallest absolute Gasteiger partial charge is 0.276 e. The van der Waals surface area contributed by atoms with Crippen molar-refractivity contribution in [3.63, 3.8) is 0 Å². The van der Waals surface area contributed by atoms with Crippen molar-refractivity contribution in [3.8, 4) is 5.75 Å². The fraction of sp³-hybridized carbons (Fsp3) is 0.200. The number of aromatic amines is 1. The fourth-order valence-electron chi connectivity index (χ4n) is 2.13. The summed E-state index contributed by atoms with van der Waals surface area (Å²) in [7, 11) is 1.72. The minimum atomic E-state index is -0.112. The number of aromatic nitrogens is 2. The van der Waals surface area contributed by atoms with Gasteiger partial charge in [-0.2, -0.15) is 0 Å². The summed E-state index contributed by atoms with van der Waals surface area (Å²) in [5, 5.41) is 3.50. The lowest BCUT2D eigenvalue weighted by molar-refractivity contribution is 0.0989. The van der Waals surface area contributed by atoms with Crippen molar-refractivity contribution >= 4 is 33.3 Å². The zero-order valence-electron chi connectivity index (χ0n) is 11.8. The van der Waals surface area contributed by atoms with Crippen LogP contribution in [-0.2, 0) is 0 Å². The number of amides is 1. The fourth-order valence-corrected chi connectivity index (χ4v) is 2.73. The van der Waals surface area contributed by atoms with Gasteiger partial charge in [0.1, 0.15) is 11.4 Å². The molecule has 5 nitrogen and oxygen atoms in total. The number of benzene rings is 1. The molecule has 0 aliphatic heterocycles. The lowest BCUT2D eigenvalue weighted by atomic mass is 10.2. The van der Waals surface area contributed by atoms with Crippen molar-refractivity contribution in [3.05, 3.63) is 41.5 Å². The van der Waals surface area contributed by atoms with Crippen LogP contribution in [0.1, 0.15) is 17.4 Å². The van der Waals surface area contributed by atoms with Gasteiger partial charge >= 0.3 is 0 Å². The Labute approximate surface area is 126 Å². The van der Waals surface area contributed by atoms with Gasteiger partial charge in [0, 0.05) is 35.6 Å². The molecule has 0 saturated heterocycles. The van der Waals surface area contributed by atoms with Gasteiger partial charge in [0.05, 0.1) is 6.61 Å². The standard InChI is InChI=1S/C15H15N3O2S/c1-3-20-11-5-4-10-8-13(17-12(10)9-11)14(19)18(2)15-16-6-7-21-15/h4-9,17H,3H2,1-2H3. The van der Waals surface area contributed by atoms with Gasteiger partial charge in [-0.1, -0.05) is 0 Å². The molecule has 2 heterocycles. The molecule has 108 valence electrons. The van der Waals surface area contributed by atoms with E-state index >= 15 is 0 Å². The Morgan fingerprint density at radius 1 is 1.43 bits per heavy atom. The Balaban J connectivity index is 1.91. The van der Waals surface area contributed by atoms with Gasteiger partial charge in [-0.05, 0) is 25.1 Å². The highest BCUT2D eigenvalue weighted by atomic mass is 32.1. The molecule has 0 saturated carbocycles. The van der Waals surface area contributed by atoms with E-state index in [1.54, 1.807) is 18.1 Å². The highest BCUT2D eigenvalue weighted by molar-refractivity contribution is 7.13. The quantitative estimate of drug-likeness (QED) is 0.804. The third-order valence-corrected chi connectivity index (χ3v) is 3.99. The molecular formula is C15H15N3O2S. The second-order valence-electron chi connectivity index (χ2n) is 4.54. The molecule has 6 heteroatoms. The first-order valence-electron chi connectivity index (χ1n) is 6.62. The summed E-state index contributed by atoms with van der Waals surface area (Å²) >= 11 is 1.43. The number of hydrogen-bond acceptors (Lipinski definition) is 4. The molecule has 3 rings (SSSR count). The van der Waals surface area contributed by atoms with Crippen molar-refractivity contribution in [1.82, 2.24) is 9.97 Å². The maximum absolute atomic E-state index is 12.5. The zero-order valence-corrected chi connectivity index (χ0v) is 12.6. The van der Waals surface area contributed by atoms with Crippen LogP contribution in [0.15, 0.2) is 35.8 Å². The molecule has 0 aliphatic carbocycles. The monoisotopic (exact) mass is 301 g/mol. The Morgan fingerprint density at radius 3 is 3.00 bits per heavy atom. The largest absolute Gasteiger partial charge is 0.494 e. The van der Waals surface area contributed by atoms with E-state index < -0.39 is 0 Å². The number of nitrogens with zero attached hydrogens (tertiary/aromatic N) is 2. The molecule has 0 unspecified atom stereocenters. The number of H-pyrrole nitrogens is 1. The Hall–Kier alpha value is -2.34. The third kappa shape index (κ3) is 2.62. The molecule has 1 aromatic carbocycles. The van der Waals surface area contributed by atoms with Crippen LogP contribution in [0.5, 0.6) is 5.75 Å². The topological polar surface area (TPSA) is 58.2 Å². The van der Waals surface area contributed by atoms with Gasteiger partial charge in [-0.15, -0.1) is 11.3 Å². The van der Waals surface area contributed by atoms with Crippen LogP contribution >= 0.6 is 11.3 Å².